The van der Waals surface area contributed by atoms with Crippen LogP contribution in [-0.4, -0.2) is 41.3 Å². The van der Waals surface area contributed by atoms with Crippen molar-refractivity contribution in [3.63, 3.8) is 0 Å². The minimum absolute atomic E-state index is 0.753. The van der Waals surface area contributed by atoms with Crippen molar-refractivity contribution in [2.24, 2.45) is 5.92 Å². The van der Waals surface area contributed by atoms with Gasteiger partial charge in [-0.05, 0) is 44.0 Å². The van der Waals surface area contributed by atoms with Crippen molar-refractivity contribution in [2.45, 2.75) is 12.8 Å². The maximum absolute atomic E-state index is 4.54. The van der Waals surface area contributed by atoms with Crippen molar-refractivity contribution in [2.75, 3.05) is 31.6 Å². The molecule has 0 amide bonds. The van der Waals surface area contributed by atoms with Gasteiger partial charge in [-0.25, -0.2) is 4.52 Å². The molecule has 3 rings (SSSR count). The molecule has 1 aliphatic heterocycles. The number of hydrogen-bond acceptors (Lipinski definition) is 4. The second kappa shape index (κ2) is 4.94. The Morgan fingerprint density at radius 3 is 3.00 bits per heavy atom. The van der Waals surface area contributed by atoms with Gasteiger partial charge in [-0.15, -0.1) is 5.10 Å². The molecule has 3 heterocycles. The van der Waals surface area contributed by atoms with Crippen LogP contribution in [0.5, 0.6) is 0 Å². The molecule has 1 fully saturated rings. The summed E-state index contributed by atoms with van der Waals surface area (Å²) in [5, 5.41) is 7.89. The highest BCUT2D eigenvalue weighted by molar-refractivity contribution is 5.43. The Kier molecular flexibility index (Phi) is 3.15. The molecule has 1 N–H and O–H groups in total. The standard InChI is InChI=1S/C13H19N5/c1-17(10-11-5-7-14-8-6-11)13-15-12-4-2-3-9-18(12)16-13/h2-4,9,11,14H,5-8,10H2,1H3. The summed E-state index contributed by atoms with van der Waals surface area (Å²) in [5.74, 6) is 1.57. The predicted octanol–water partition coefficient (Wildman–Crippen LogP) is 1.17. The van der Waals surface area contributed by atoms with Crippen LogP contribution in [0, 0.1) is 5.92 Å². The van der Waals surface area contributed by atoms with Crippen molar-refractivity contribution in [1.82, 2.24) is 19.9 Å². The van der Waals surface area contributed by atoms with Crippen LogP contribution in [0.25, 0.3) is 5.65 Å². The summed E-state index contributed by atoms with van der Waals surface area (Å²) in [5.41, 5.74) is 0.907. The van der Waals surface area contributed by atoms with Gasteiger partial charge in [-0.3, -0.25) is 0 Å². The summed E-state index contributed by atoms with van der Waals surface area (Å²) in [6.07, 6.45) is 4.43. The Morgan fingerprint density at radius 2 is 2.22 bits per heavy atom. The smallest absolute Gasteiger partial charge is 0.245 e. The average Bonchev–Trinajstić information content (AvgIpc) is 2.84. The molecule has 0 radical (unpaired) electrons. The van der Waals surface area contributed by atoms with E-state index in [0.29, 0.717) is 0 Å². The largest absolute Gasteiger partial charge is 0.342 e. The van der Waals surface area contributed by atoms with Crippen LogP contribution >= 0.6 is 0 Å². The van der Waals surface area contributed by atoms with Crippen LogP contribution in [0.1, 0.15) is 12.8 Å². The van der Waals surface area contributed by atoms with Crippen LogP contribution in [0.15, 0.2) is 24.4 Å². The van der Waals surface area contributed by atoms with Crippen molar-refractivity contribution in [3.8, 4) is 0 Å². The first-order chi connectivity index (χ1) is 8.83. The number of nitrogens with one attached hydrogen (secondary N) is 1. The molecule has 0 atom stereocenters. The number of anilines is 1. The fourth-order valence-electron chi connectivity index (χ4n) is 2.51. The number of fused-ring (bicyclic) bond motifs is 1. The summed E-state index contributed by atoms with van der Waals surface area (Å²) in [4.78, 5) is 6.71. The van der Waals surface area contributed by atoms with Gasteiger partial charge in [0.1, 0.15) is 0 Å². The van der Waals surface area contributed by atoms with Gasteiger partial charge in [0.25, 0.3) is 0 Å². The molecular weight excluding hydrogens is 226 g/mol. The molecule has 5 nitrogen and oxygen atoms in total. The second-order valence-corrected chi connectivity index (χ2v) is 4.99. The quantitative estimate of drug-likeness (QED) is 0.881. The molecule has 0 saturated carbocycles. The summed E-state index contributed by atoms with van der Waals surface area (Å²) in [6, 6.07) is 5.94. The van der Waals surface area contributed by atoms with Gasteiger partial charge in [-0.2, -0.15) is 4.98 Å². The van der Waals surface area contributed by atoms with E-state index in [0.717, 1.165) is 37.1 Å². The van der Waals surface area contributed by atoms with E-state index in [-0.39, 0.29) is 0 Å². The molecule has 0 bridgehead atoms. The maximum atomic E-state index is 4.54. The summed E-state index contributed by atoms with van der Waals surface area (Å²) in [7, 11) is 2.08. The third-order valence-electron chi connectivity index (χ3n) is 3.56. The Bertz CT molecular complexity index is 482. The van der Waals surface area contributed by atoms with Gasteiger partial charge in [0.15, 0.2) is 5.65 Å². The Balaban J connectivity index is 1.72. The lowest BCUT2D eigenvalue weighted by atomic mass is 9.98. The number of rotatable bonds is 3. The van der Waals surface area contributed by atoms with Crippen molar-refractivity contribution in [1.29, 1.82) is 0 Å². The van der Waals surface area contributed by atoms with Gasteiger partial charge in [0.05, 0.1) is 0 Å². The minimum atomic E-state index is 0.753. The first-order valence-corrected chi connectivity index (χ1v) is 6.56. The van der Waals surface area contributed by atoms with E-state index in [1.54, 1.807) is 0 Å². The lowest BCUT2D eigenvalue weighted by Crippen LogP contribution is -2.34. The SMILES string of the molecule is CN(CC1CCNCC1)c1nc2ccccn2n1. The number of pyridine rings is 1. The van der Waals surface area contributed by atoms with E-state index < -0.39 is 0 Å². The Morgan fingerprint density at radius 1 is 1.39 bits per heavy atom. The molecule has 2 aromatic rings. The monoisotopic (exact) mass is 245 g/mol. The lowest BCUT2D eigenvalue weighted by Gasteiger charge is -2.26. The summed E-state index contributed by atoms with van der Waals surface area (Å²) in [6.45, 7) is 3.31. The van der Waals surface area contributed by atoms with Gasteiger partial charge >= 0.3 is 0 Å². The summed E-state index contributed by atoms with van der Waals surface area (Å²) >= 11 is 0. The third-order valence-corrected chi connectivity index (χ3v) is 3.56. The number of aromatic nitrogens is 3. The highest BCUT2D eigenvalue weighted by atomic mass is 15.4. The molecule has 0 unspecified atom stereocenters. The van der Waals surface area contributed by atoms with E-state index in [1.807, 2.05) is 28.9 Å². The van der Waals surface area contributed by atoms with E-state index in [4.69, 9.17) is 0 Å². The van der Waals surface area contributed by atoms with Crippen LogP contribution in [0.3, 0.4) is 0 Å². The minimum Gasteiger partial charge on any atom is -0.342 e. The molecule has 0 aromatic carbocycles. The lowest BCUT2D eigenvalue weighted by molar-refractivity contribution is 0.377. The number of hydrogen-bond donors (Lipinski definition) is 1. The molecule has 5 heteroatoms. The number of nitrogens with zero attached hydrogens (tertiary/aromatic N) is 4. The van der Waals surface area contributed by atoms with Crippen molar-refractivity contribution < 1.29 is 0 Å². The van der Waals surface area contributed by atoms with Crippen LogP contribution < -0.4 is 10.2 Å². The highest BCUT2D eigenvalue weighted by Crippen LogP contribution is 2.16. The van der Waals surface area contributed by atoms with Gasteiger partial charge in [0.2, 0.25) is 5.95 Å². The molecule has 1 aliphatic rings. The van der Waals surface area contributed by atoms with Crippen LogP contribution in [0.2, 0.25) is 0 Å². The molecule has 96 valence electrons. The third kappa shape index (κ3) is 2.31. The first-order valence-electron chi connectivity index (χ1n) is 6.56. The Hall–Kier alpha value is -1.62. The zero-order chi connectivity index (χ0) is 12.4. The van der Waals surface area contributed by atoms with E-state index >= 15 is 0 Å². The molecular formula is C13H19N5. The van der Waals surface area contributed by atoms with Crippen molar-refractivity contribution in [3.05, 3.63) is 24.4 Å². The maximum Gasteiger partial charge on any atom is 0.245 e. The van der Waals surface area contributed by atoms with E-state index in [9.17, 15) is 0 Å². The second-order valence-electron chi connectivity index (χ2n) is 4.99. The normalized spacial score (nSPS) is 17.2. The van der Waals surface area contributed by atoms with Gasteiger partial charge in [0, 0.05) is 19.8 Å². The zero-order valence-corrected chi connectivity index (χ0v) is 10.7. The fraction of sp³-hybridized carbons (Fsp3) is 0.538. The predicted molar refractivity (Wildman–Crippen MR) is 71.9 cm³/mol. The molecule has 2 aromatic heterocycles. The molecule has 0 spiro atoms. The highest BCUT2D eigenvalue weighted by Gasteiger charge is 2.17. The average molecular weight is 245 g/mol. The summed E-state index contributed by atoms with van der Waals surface area (Å²) < 4.78 is 1.83. The molecule has 18 heavy (non-hydrogen) atoms. The first kappa shape index (κ1) is 11.5. The zero-order valence-electron chi connectivity index (χ0n) is 10.7. The van der Waals surface area contributed by atoms with E-state index in [1.165, 1.54) is 12.8 Å². The van der Waals surface area contributed by atoms with Crippen LogP contribution in [0.4, 0.5) is 5.95 Å². The molecule has 0 aliphatic carbocycles. The van der Waals surface area contributed by atoms with Crippen LogP contribution in [-0.2, 0) is 0 Å². The van der Waals surface area contributed by atoms with Gasteiger partial charge < -0.3 is 10.2 Å². The number of piperidine rings is 1. The topological polar surface area (TPSA) is 45.5 Å². The molecule has 1 saturated heterocycles. The van der Waals surface area contributed by atoms with Gasteiger partial charge in [-0.1, -0.05) is 6.07 Å². The Labute approximate surface area is 107 Å². The van der Waals surface area contributed by atoms with E-state index in [2.05, 4.69) is 27.3 Å². The fourth-order valence-corrected chi connectivity index (χ4v) is 2.51. The van der Waals surface area contributed by atoms with Crippen molar-refractivity contribution >= 4 is 11.6 Å².